The summed E-state index contributed by atoms with van der Waals surface area (Å²) in [5.41, 5.74) is 0.771. The number of hydrogen-bond acceptors (Lipinski definition) is 5. The van der Waals surface area contributed by atoms with E-state index in [-0.39, 0.29) is 25.1 Å². The minimum atomic E-state index is -0.658. The fraction of sp³-hybridized carbons (Fsp3) is 0.389. The van der Waals surface area contributed by atoms with Gasteiger partial charge in [0.05, 0.1) is 19.3 Å². The van der Waals surface area contributed by atoms with Gasteiger partial charge in [-0.15, -0.1) is 0 Å². The van der Waals surface area contributed by atoms with Crippen molar-refractivity contribution in [2.75, 3.05) is 19.8 Å². The predicted molar refractivity (Wildman–Crippen MR) is 88.1 cm³/mol. The molecule has 0 spiro atoms. The van der Waals surface area contributed by atoms with Crippen molar-refractivity contribution in [2.45, 2.75) is 20.0 Å². The topological polar surface area (TPSA) is 76.0 Å². The summed E-state index contributed by atoms with van der Waals surface area (Å²) >= 11 is 0. The Morgan fingerprint density at radius 1 is 1.26 bits per heavy atom. The molecule has 0 aliphatic heterocycles. The smallest absolute Gasteiger partial charge is 0.330 e. The molecule has 1 rings (SSSR count). The van der Waals surface area contributed by atoms with Crippen LogP contribution in [0.3, 0.4) is 0 Å². The van der Waals surface area contributed by atoms with Gasteiger partial charge in [0, 0.05) is 12.0 Å². The molecule has 0 heterocycles. The second-order valence-corrected chi connectivity index (χ2v) is 4.94. The second-order valence-electron chi connectivity index (χ2n) is 4.94. The highest BCUT2D eigenvalue weighted by Gasteiger charge is 2.13. The van der Waals surface area contributed by atoms with Crippen LogP contribution in [0.25, 0.3) is 0 Å². The number of allylic oxidation sites excluding steroid dienone is 2. The van der Waals surface area contributed by atoms with E-state index in [0.29, 0.717) is 12.4 Å². The van der Waals surface area contributed by atoms with Crippen LogP contribution in [0.4, 0.5) is 0 Å². The first-order valence-electron chi connectivity index (χ1n) is 7.61. The first kappa shape index (κ1) is 18.9. The van der Waals surface area contributed by atoms with Crippen LogP contribution in [0.1, 0.15) is 25.5 Å². The fourth-order valence-corrected chi connectivity index (χ4v) is 1.90. The Morgan fingerprint density at radius 2 is 1.96 bits per heavy atom. The summed E-state index contributed by atoms with van der Waals surface area (Å²) in [6, 6.07) is 7.09. The van der Waals surface area contributed by atoms with Crippen molar-refractivity contribution in [2.24, 2.45) is 5.92 Å². The molecule has 2 atom stereocenters. The van der Waals surface area contributed by atoms with Gasteiger partial charge in [0.1, 0.15) is 12.4 Å². The van der Waals surface area contributed by atoms with E-state index < -0.39 is 6.10 Å². The molecule has 0 aliphatic carbocycles. The van der Waals surface area contributed by atoms with Gasteiger partial charge in [-0.05, 0) is 24.6 Å². The van der Waals surface area contributed by atoms with Gasteiger partial charge in [-0.3, -0.25) is 0 Å². The van der Waals surface area contributed by atoms with E-state index in [2.05, 4.69) is 0 Å². The maximum atomic E-state index is 11.1. The summed E-state index contributed by atoms with van der Waals surface area (Å²) < 4.78 is 10.0. The zero-order chi connectivity index (χ0) is 17.1. The van der Waals surface area contributed by atoms with Crippen LogP contribution in [0.15, 0.2) is 48.6 Å². The van der Waals surface area contributed by atoms with Crippen LogP contribution in [-0.2, 0) is 9.53 Å². The van der Waals surface area contributed by atoms with Gasteiger partial charge in [0.25, 0.3) is 0 Å². The third-order valence-electron chi connectivity index (χ3n) is 3.12. The molecule has 2 N–H and O–H groups in total. The van der Waals surface area contributed by atoms with Gasteiger partial charge in [-0.1, -0.05) is 37.3 Å². The standard InChI is InChI=1S/C18H24O5/c1-3-22-17(20)7-5-4-6-14(2)18(21)15-8-10-16(11-9-15)23-13-12-19/h4-11,14,18-19,21H,3,12-13H2,1-2H3/b6-4+,7-5+/t14-,18+/m1/s1. The van der Waals surface area contributed by atoms with Crippen LogP contribution in [0, 0.1) is 5.92 Å². The predicted octanol–water partition coefficient (Wildman–Crippen LogP) is 2.40. The molecule has 0 saturated carbocycles. The molecule has 1 aromatic rings. The number of esters is 1. The normalized spacial score (nSPS) is 14.1. The van der Waals surface area contributed by atoms with Gasteiger partial charge in [0.2, 0.25) is 0 Å². The Hall–Kier alpha value is -2.11. The molecule has 0 aliphatic rings. The molecule has 0 amide bonds. The summed E-state index contributed by atoms with van der Waals surface area (Å²) in [7, 11) is 0. The molecular weight excluding hydrogens is 296 g/mol. The highest BCUT2D eigenvalue weighted by atomic mass is 16.5. The van der Waals surface area contributed by atoms with Crippen LogP contribution in [-0.4, -0.2) is 36.0 Å². The van der Waals surface area contributed by atoms with Gasteiger partial charge >= 0.3 is 5.97 Å². The third kappa shape index (κ3) is 7.13. The average molecular weight is 320 g/mol. The van der Waals surface area contributed by atoms with Gasteiger partial charge in [-0.25, -0.2) is 4.79 Å². The highest BCUT2D eigenvalue weighted by molar-refractivity contribution is 5.82. The van der Waals surface area contributed by atoms with E-state index in [4.69, 9.17) is 14.6 Å². The van der Waals surface area contributed by atoms with Crippen LogP contribution < -0.4 is 4.74 Å². The number of hydrogen-bond donors (Lipinski definition) is 2. The van der Waals surface area contributed by atoms with Crippen molar-refractivity contribution >= 4 is 5.97 Å². The molecular formula is C18H24O5. The van der Waals surface area contributed by atoms with Crippen molar-refractivity contribution in [1.29, 1.82) is 0 Å². The number of aliphatic hydroxyl groups is 2. The van der Waals surface area contributed by atoms with E-state index in [1.165, 1.54) is 6.08 Å². The highest BCUT2D eigenvalue weighted by Crippen LogP contribution is 2.24. The van der Waals surface area contributed by atoms with Crippen molar-refractivity contribution in [3.8, 4) is 5.75 Å². The molecule has 0 fully saturated rings. The zero-order valence-electron chi connectivity index (χ0n) is 13.5. The number of carbonyl (C=O) groups excluding carboxylic acids is 1. The Labute approximate surface area is 136 Å². The Bertz CT molecular complexity index is 519. The summed E-state index contributed by atoms with van der Waals surface area (Å²) in [5.74, 6) is 0.144. The van der Waals surface area contributed by atoms with Gasteiger partial charge in [0.15, 0.2) is 0 Å². The van der Waals surface area contributed by atoms with E-state index in [9.17, 15) is 9.90 Å². The molecule has 1 aromatic carbocycles. The SMILES string of the molecule is CCOC(=O)/C=C/C=C/[C@@H](C)[C@H](O)c1ccc(OCCO)cc1. The molecule has 5 heteroatoms. The van der Waals surface area contributed by atoms with Crippen molar-refractivity contribution < 1.29 is 24.5 Å². The lowest BCUT2D eigenvalue weighted by Gasteiger charge is -2.16. The summed E-state index contributed by atoms with van der Waals surface area (Å²) in [4.78, 5) is 11.1. The Balaban J connectivity index is 2.55. The number of carbonyl (C=O) groups is 1. The van der Waals surface area contributed by atoms with E-state index >= 15 is 0 Å². The molecule has 126 valence electrons. The largest absolute Gasteiger partial charge is 0.491 e. The lowest BCUT2D eigenvalue weighted by molar-refractivity contribution is -0.137. The number of rotatable bonds is 9. The Morgan fingerprint density at radius 3 is 2.57 bits per heavy atom. The zero-order valence-corrected chi connectivity index (χ0v) is 13.5. The van der Waals surface area contributed by atoms with Crippen molar-refractivity contribution in [1.82, 2.24) is 0 Å². The first-order chi connectivity index (χ1) is 11.1. The quantitative estimate of drug-likeness (QED) is 0.415. The number of benzene rings is 1. The number of aliphatic hydroxyl groups excluding tert-OH is 2. The summed E-state index contributed by atoms with van der Waals surface area (Å²) in [6.07, 6.45) is 5.80. The van der Waals surface area contributed by atoms with Crippen molar-refractivity contribution in [3.63, 3.8) is 0 Å². The molecule has 0 saturated heterocycles. The molecule has 23 heavy (non-hydrogen) atoms. The van der Waals surface area contributed by atoms with E-state index in [0.717, 1.165) is 5.56 Å². The number of ether oxygens (including phenoxy) is 2. The average Bonchev–Trinajstić information content (AvgIpc) is 2.56. The first-order valence-corrected chi connectivity index (χ1v) is 7.61. The molecule has 0 bridgehead atoms. The van der Waals surface area contributed by atoms with E-state index in [1.54, 1.807) is 43.3 Å². The minimum absolute atomic E-state index is 0.0362. The molecule has 0 unspecified atom stereocenters. The lowest BCUT2D eigenvalue weighted by atomic mass is 9.97. The van der Waals surface area contributed by atoms with E-state index in [1.807, 2.05) is 13.0 Å². The maximum Gasteiger partial charge on any atom is 0.330 e. The molecule has 0 aromatic heterocycles. The van der Waals surface area contributed by atoms with Crippen LogP contribution in [0.2, 0.25) is 0 Å². The van der Waals surface area contributed by atoms with Crippen LogP contribution in [0.5, 0.6) is 5.75 Å². The monoisotopic (exact) mass is 320 g/mol. The van der Waals surface area contributed by atoms with Gasteiger partial charge in [-0.2, -0.15) is 0 Å². The van der Waals surface area contributed by atoms with Crippen molar-refractivity contribution in [3.05, 3.63) is 54.1 Å². The summed E-state index contributed by atoms with van der Waals surface area (Å²) in [5, 5.41) is 19.0. The second kappa shape index (κ2) is 10.6. The third-order valence-corrected chi connectivity index (χ3v) is 3.12. The minimum Gasteiger partial charge on any atom is -0.491 e. The summed E-state index contributed by atoms with van der Waals surface area (Å²) in [6.45, 7) is 4.19. The molecule has 0 radical (unpaired) electrons. The van der Waals surface area contributed by atoms with Crippen LogP contribution >= 0.6 is 0 Å². The Kier molecular flexibility index (Phi) is 8.72. The molecule has 5 nitrogen and oxygen atoms in total. The lowest BCUT2D eigenvalue weighted by Crippen LogP contribution is -2.07. The van der Waals surface area contributed by atoms with Gasteiger partial charge < -0.3 is 19.7 Å². The maximum absolute atomic E-state index is 11.1. The fourth-order valence-electron chi connectivity index (χ4n) is 1.90.